The molecule has 2 N–H and O–H groups in total. The predicted octanol–water partition coefficient (Wildman–Crippen LogP) is 2.96. The number of hydrogen-bond donors (Lipinski definition) is 1. The van der Waals surface area contributed by atoms with Gasteiger partial charge in [-0.1, -0.05) is 13.8 Å². The molecule has 100 valence electrons. The molecule has 0 aromatic carbocycles. The standard InChI is InChI=1S/C14H23N3S/c1-9-6-10(2)8-17(7-9)14-16-13-11(15)4-3-5-12(13)18-14/h9-11H,3-8,15H2,1-2H3. The molecule has 3 unspecified atom stereocenters. The average Bonchev–Trinajstić information content (AvgIpc) is 2.73. The second kappa shape index (κ2) is 4.82. The smallest absolute Gasteiger partial charge is 0.185 e. The Morgan fingerprint density at radius 3 is 2.67 bits per heavy atom. The van der Waals surface area contributed by atoms with Crippen LogP contribution in [0.25, 0.3) is 0 Å². The van der Waals surface area contributed by atoms with Crippen LogP contribution >= 0.6 is 11.3 Å². The van der Waals surface area contributed by atoms with E-state index >= 15 is 0 Å². The topological polar surface area (TPSA) is 42.2 Å². The van der Waals surface area contributed by atoms with Gasteiger partial charge in [-0.2, -0.15) is 0 Å². The molecule has 1 aliphatic heterocycles. The van der Waals surface area contributed by atoms with Gasteiger partial charge < -0.3 is 10.6 Å². The van der Waals surface area contributed by atoms with Crippen molar-refractivity contribution in [3.05, 3.63) is 10.6 Å². The summed E-state index contributed by atoms with van der Waals surface area (Å²) in [5.41, 5.74) is 7.36. The highest BCUT2D eigenvalue weighted by Gasteiger charge is 2.27. The van der Waals surface area contributed by atoms with E-state index < -0.39 is 0 Å². The van der Waals surface area contributed by atoms with Gasteiger partial charge in [-0.05, 0) is 37.5 Å². The number of nitrogens with two attached hydrogens (primary N) is 1. The maximum atomic E-state index is 6.17. The summed E-state index contributed by atoms with van der Waals surface area (Å²) in [4.78, 5) is 8.76. The van der Waals surface area contributed by atoms with Gasteiger partial charge in [0, 0.05) is 24.0 Å². The highest BCUT2D eigenvalue weighted by atomic mass is 32.1. The molecule has 1 aromatic rings. The van der Waals surface area contributed by atoms with Crippen LogP contribution in [0.3, 0.4) is 0 Å². The number of aromatic nitrogens is 1. The van der Waals surface area contributed by atoms with Crippen LogP contribution in [-0.4, -0.2) is 18.1 Å². The van der Waals surface area contributed by atoms with Gasteiger partial charge in [0.25, 0.3) is 0 Å². The Bertz CT molecular complexity index is 419. The molecule has 3 nitrogen and oxygen atoms in total. The Balaban J connectivity index is 1.84. The number of piperidine rings is 1. The molecule has 0 amide bonds. The second-order valence-electron chi connectivity index (χ2n) is 6.15. The summed E-state index contributed by atoms with van der Waals surface area (Å²) in [5, 5.41) is 1.22. The molecule has 0 bridgehead atoms. The highest BCUT2D eigenvalue weighted by molar-refractivity contribution is 7.15. The number of nitrogens with zero attached hydrogens (tertiary/aromatic N) is 2. The van der Waals surface area contributed by atoms with Crippen molar-refractivity contribution in [3.63, 3.8) is 0 Å². The second-order valence-corrected chi connectivity index (χ2v) is 7.22. The van der Waals surface area contributed by atoms with Crippen molar-refractivity contribution in [1.29, 1.82) is 0 Å². The minimum absolute atomic E-state index is 0.179. The summed E-state index contributed by atoms with van der Waals surface area (Å²) in [6.07, 6.45) is 4.85. The van der Waals surface area contributed by atoms with E-state index in [-0.39, 0.29) is 6.04 Å². The van der Waals surface area contributed by atoms with Gasteiger partial charge in [0.2, 0.25) is 0 Å². The minimum Gasteiger partial charge on any atom is -0.348 e. The predicted molar refractivity (Wildman–Crippen MR) is 77.1 cm³/mol. The van der Waals surface area contributed by atoms with Crippen LogP contribution < -0.4 is 10.6 Å². The van der Waals surface area contributed by atoms with E-state index in [1.165, 1.54) is 35.0 Å². The van der Waals surface area contributed by atoms with Crippen molar-refractivity contribution in [2.24, 2.45) is 17.6 Å². The summed E-state index contributed by atoms with van der Waals surface area (Å²) in [6, 6.07) is 0.179. The SMILES string of the molecule is CC1CC(C)CN(c2nc3c(s2)CCCC3N)C1. The van der Waals surface area contributed by atoms with Crippen LogP contribution in [0.2, 0.25) is 0 Å². The number of hydrogen-bond acceptors (Lipinski definition) is 4. The first kappa shape index (κ1) is 12.4. The summed E-state index contributed by atoms with van der Waals surface area (Å²) < 4.78 is 0. The fourth-order valence-corrected chi connectivity index (χ4v) is 4.58. The zero-order valence-corrected chi connectivity index (χ0v) is 12.2. The first-order valence-corrected chi connectivity index (χ1v) is 7.95. The minimum atomic E-state index is 0.179. The molecule has 2 aliphatic rings. The van der Waals surface area contributed by atoms with Crippen LogP contribution in [0.4, 0.5) is 5.13 Å². The Morgan fingerprint density at radius 2 is 2.00 bits per heavy atom. The van der Waals surface area contributed by atoms with E-state index in [2.05, 4.69) is 18.7 Å². The van der Waals surface area contributed by atoms with E-state index in [9.17, 15) is 0 Å². The molecule has 3 rings (SSSR count). The lowest BCUT2D eigenvalue weighted by Crippen LogP contribution is -2.38. The summed E-state index contributed by atoms with van der Waals surface area (Å²) in [5.74, 6) is 1.56. The lowest BCUT2D eigenvalue weighted by atomic mass is 9.92. The highest BCUT2D eigenvalue weighted by Crippen LogP contribution is 2.37. The zero-order chi connectivity index (χ0) is 12.7. The average molecular weight is 265 g/mol. The Kier molecular flexibility index (Phi) is 3.32. The van der Waals surface area contributed by atoms with E-state index in [0.717, 1.165) is 31.3 Å². The first-order valence-electron chi connectivity index (χ1n) is 7.13. The quantitative estimate of drug-likeness (QED) is 0.849. The molecular weight excluding hydrogens is 242 g/mol. The third-order valence-corrected chi connectivity index (χ3v) is 5.32. The van der Waals surface area contributed by atoms with E-state index in [1.807, 2.05) is 11.3 Å². The fourth-order valence-electron chi connectivity index (χ4n) is 3.39. The van der Waals surface area contributed by atoms with Crippen LogP contribution in [0, 0.1) is 11.8 Å². The van der Waals surface area contributed by atoms with Crippen LogP contribution in [-0.2, 0) is 6.42 Å². The molecule has 1 aromatic heterocycles. The largest absolute Gasteiger partial charge is 0.348 e. The van der Waals surface area contributed by atoms with Gasteiger partial charge in [-0.25, -0.2) is 4.98 Å². The zero-order valence-electron chi connectivity index (χ0n) is 11.4. The molecule has 4 heteroatoms. The summed E-state index contributed by atoms with van der Waals surface area (Å²) in [7, 11) is 0. The number of anilines is 1. The molecule has 0 spiro atoms. The molecule has 1 saturated heterocycles. The van der Waals surface area contributed by atoms with Crippen molar-refractivity contribution < 1.29 is 0 Å². The molecule has 1 aliphatic carbocycles. The molecule has 1 fully saturated rings. The molecular formula is C14H23N3S. The first-order chi connectivity index (χ1) is 8.63. The lowest BCUT2D eigenvalue weighted by molar-refractivity contribution is 0.356. The Hall–Kier alpha value is -0.610. The maximum absolute atomic E-state index is 6.17. The molecule has 0 saturated carbocycles. The van der Waals surface area contributed by atoms with E-state index in [0.29, 0.717) is 0 Å². The van der Waals surface area contributed by atoms with Gasteiger partial charge in [0.1, 0.15) is 0 Å². The summed E-state index contributed by atoms with van der Waals surface area (Å²) in [6.45, 7) is 7.02. The van der Waals surface area contributed by atoms with Crippen LogP contribution in [0.1, 0.15) is 49.7 Å². The van der Waals surface area contributed by atoms with Crippen molar-refractivity contribution in [1.82, 2.24) is 4.98 Å². The van der Waals surface area contributed by atoms with E-state index in [1.54, 1.807) is 0 Å². The normalized spacial score (nSPS) is 32.4. The maximum Gasteiger partial charge on any atom is 0.185 e. The summed E-state index contributed by atoms with van der Waals surface area (Å²) >= 11 is 1.88. The van der Waals surface area contributed by atoms with E-state index in [4.69, 9.17) is 10.7 Å². The van der Waals surface area contributed by atoms with Gasteiger partial charge in [-0.15, -0.1) is 11.3 Å². The van der Waals surface area contributed by atoms with Crippen LogP contribution in [0.5, 0.6) is 0 Å². The number of aryl methyl sites for hydroxylation is 1. The van der Waals surface area contributed by atoms with Gasteiger partial charge in [0.15, 0.2) is 5.13 Å². The molecule has 2 heterocycles. The van der Waals surface area contributed by atoms with Gasteiger partial charge in [0.05, 0.1) is 5.69 Å². The molecule has 3 atom stereocenters. The van der Waals surface area contributed by atoms with Crippen molar-refractivity contribution >= 4 is 16.5 Å². The Labute approximate surface area is 113 Å². The molecule has 18 heavy (non-hydrogen) atoms. The third-order valence-electron chi connectivity index (χ3n) is 4.13. The lowest BCUT2D eigenvalue weighted by Gasteiger charge is -2.34. The van der Waals surface area contributed by atoms with Gasteiger partial charge in [-0.3, -0.25) is 0 Å². The fraction of sp³-hybridized carbons (Fsp3) is 0.786. The number of rotatable bonds is 1. The molecule has 0 radical (unpaired) electrons. The van der Waals surface area contributed by atoms with Crippen molar-refractivity contribution in [3.8, 4) is 0 Å². The van der Waals surface area contributed by atoms with Crippen molar-refractivity contribution in [2.75, 3.05) is 18.0 Å². The monoisotopic (exact) mass is 265 g/mol. The Morgan fingerprint density at radius 1 is 1.28 bits per heavy atom. The third kappa shape index (κ3) is 2.28. The number of thiazole rings is 1. The van der Waals surface area contributed by atoms with Crippen LogP contribution in [0.15, 0.2) is 0 Å². The van der Waals surface area contributed by atoms with Gasteiger partial charge >= 0.3 is 0 Å². The number of fused-ring (bicyclic) bond motifs is 1. The van der Waals surface area contributed by atoms with Crippen molar-refractivity contribution in [2.45, 2.75) is 45.6 Å².